The van der Waals surface area contributed by atoms with E-state index in [4.69, 9.17) is 4.74 Å². The molecule has 0 saturated carbocycles. The smallest absolute Gasteiger partial charge is 0.168 e. The summed E-state index contributed by atoms with van der Waals surface area (Å²) in [6, 6.07) is 8.12. The lowest BCUT2D eigenvalue weighted by Crippen LogP contribution is -2.05. The van der Waals surface area contributed by atoms with Crippen molar-refractivity contribution >= 4 is 5.82 Å². The van der Waals surface area contributed by atoms with Gasteiger partial charge in [0.15, 0.2) is 5.82 Å². The second-order valence-electron chi connectivity index (χ2n) is 5.52. The van der Waals surface area contributed by atoms with E-state index >= 15 is 0 Å². The van der Waals surface area contributed by atoms with Crippen molar-refractivity contribution in [2.24, 2.45) is 0 Å². The zero-order valence-electron chi connectivity index (χ0n) is 13.4. The first kappa shape index (κ1) is 15.3. The highest BCUT2D eigenvalue weighted by Crippen LogP contribution is 2.23. The number of nitrogens with zero attached hydrogens (tertiary/aromatic N) is 2. The second kappa shape index (κ2) is 6.57. The Morgan fingerprint density at radius 1 is 1.14 bits per heavy atom. The lowest BCUT2D eigenvalue weighted by atomic mass is 9.98. The third kappa shape index (κ3) is 3.94. The van der Waals surface area contributed by atoms with E-state index in [1.165, 1.54) is 11.1 Å². The number of rotatable bonds is 5. The summed E-state index contributed by atoms with van der Waals surface area (Å²) in [5, 5.41) is 3.03. The molecule has 0 spiro atoms. The summed E-state index contributed by atoms with van der Waals surface area (Å²) in [6.45, 7) is 8.83. The average molecular weight is 285 g/mol. The first-order valence-corrected chi connectivity index (χ1v) is 7.25. The Kier molecular flexibility index (Phi) is 4.78. The Hall–Kier alpha value is -2.10. The summed E-state index contributed by atoms with van der Waals surface area (Å²) in [7, 11) is 1.85. The Bertz CT molecular complexity index is 623. The molecule has 0 atom stereocenters. The lowest BCUT2D eigenvalue weighted by molar-refractivity contribution is 0.295. The van der Waals surface area contributed by atoms with Gasteiger partial charge in [-0.05, 0) is 43.0 Å². The van der Waals surface area contributed by atoms with Crippen LogP contribution in [0.3, 0.4) is 0 Å². The van der Waals surface area contributed by atoms with Crippen molar-refractivity contribution in [3.8, 4) is 5.75 Å². The molecule has 0 bridgehead atoms. The SMILES string of the molecule is CNc1cc(C)nc(COc2ccc(C(C)C)c(C)c2)n1. The zero-order chi connectivity index (χ0) is 15.4. The van der Waals surface area contributed by atoms with Crippen molar-refractivity contribution in [3.63, 3.8) is 0 Å². The van der Waals surface area contributed by atoms with Gasteiger partial charge in [-0.1, -0.05) is 19.9 Å². The minimum absolute atomic E-state index is 0.372. The molecule has 112 valence electrons. The Labute approximate surface area is 126 Å². The van der Waals surface area contributed by atoms with Gasteiger partial charge >= 0.3 is 0 Å². The molecule has 0 aliphatic carbocycles. The fraction of sp³-hybridized carbons (Fsp3) is 0.412. The first-order chi connectivity index (χ1) is 9.99. The molecule has 0 aliphatic heterocycles. The fourth-order valence-electron chi connectivity index (χ4n) is 2.36. The van der Waals surface area contributed by atoms with Crippen LogP contribution in [-0.2, 0) is 6.61 Å². The number of nitrogens with one attached hydrogen (secondary N) is 1. The number of hydrogen-bond donors (Lipinski definition) is 1. The highest BCUT2D eigenvalue weighted by Gasteiger charge is 2.06. The molecule has 2 rings (SSSR count). The number of aromatic nitrogens is 2. The van der Waals surface area contributed by atoms with Crippen LogP contribution >= 0.6 is 0 Å². The van der Waals surface area contributed by atoms with Crippen LogP contribution in [-0.4, -0.2) is 17.0 Å². The molecular formula is C17H23N3O. The van der Waals surface area contributed by atoms with Gasteiger partial charge in [0.05, 0.1) is 0 Å². The normalized spacial score (nSPS) is 10.8. The molecule has 21 heavy (non-hydrogen) atoms. The Morgan fingerprint density at radius 2 is 1.90 bits per heavy atom. The maximum Gasteiger partial charge on any atom is 0.168 e. The van der Waals surface area contributed by atoms with E-state index in [0.717, 1.165) is 17.3 Å². The maximum atomic E-state index is 5.81. The van der Waals surface area contributed by atoms with Crippen molar-refractivity contribution < 1.29 is 4.74 Å². The van der Waals surface area contributed by atoms with Crippen LogP contribution in [0, 0.1) is 13.8 Å². The number of ether oxygens (including phenoxy) is 1. The van der Waals surface area contributed by atoms with Gasteiger partial charge in [-0.2, -0.15) is 0 Å². The molecule has 0 radical (unpaired) electrons. The molecule has 0 saturated heterocycles. The van der Waals surface area contributed by atoms with Crippen molar-refractivity contribution in [2.45, 2.75) is 40.2 Å². The summed E-state index contributed by atoms with van der Waals surface area (Å²) in [6.07, 6.45) is 0. The number of benzene rings is 1. The summed E-state index contributed by atoms with van der Waals surface area (Å²) in [5.74, 6) is 2.88. The summed E-state index contributed by atoms with van der Waals surface area (Å²) in [4.78, 5) is 8.78. The van der Waals surface area contributed by atoms with Gasteiger partial charge in [0.1, 0.15) is 18.2 Å². The molecule has 0 aliphatic rings. The lowest BCUT2D eigenvalue weighted by Gasteiger charge is -2.12. The van der Waals surface area contributed by atoms with E-state index < -0.39 is 0 Å². The van der Waals surface area contributed by atoms with Crippen molar-refractivity contribution in [1.29, 1.82) is 0 Å². The molecule has 4 heteroatoms. The molecule has 4 nitrogen and oxygen atoms in total. The summed E-state index contributed by atoms with van der Waals surface area (Å²) in [5.41, 5.74) is 3.54. The van der Waals surface area contributed by atoms with Crippen LogP contribution in [0.5, 0.6) is 5.75 Å². The van der Waals surface area contributed by atoms with E-state index in [0.29, 0.717) is 18.3 Å². The van der Waals surface area contributed by atoms with Crippen LogP contribution in [0.15, 0.2) is 24.3 Å². The summed E-state index contributed by atoms with van der Waals surface area (Å²) >= 11 is 0. The number of anilines is 1. The molecule has 0 unspecified atom stereocenters. The van der Waals surface area contributed by atoms with Gasteiger partial charge in [0, 0.05) is 18.8 Å². The van der Waals surface area contributed by atoms with Crippen LogP contribution in [0.4, 0.5) is 5.82 Å². The highest BCUT2D eigenvalue weighted by atomic mass is 16.5. The zero-order valence-corrected chi connectivity index (χ0v) is 13.4. The van der Waals surface area contributed by atoms with Gasteiger partial charge in [-0.3, -0.25) is 0 Å². The van der Waals surface area contributed by atoms with Crippen LogP contribution in [0.2, 0.25) is 0 Å². The van der Waals surface area contributed by atoms with Crippen LogP contribution < -0.4 is 10.1 Å². The fourth-order valence-corrected chi connectivity index (χ4v) is 2.36. The number of aryl methyl sites for hydroxylation is 2. The van der Waals surface area contributed by atoms with E-state index in [-0.39, 0.29) is 0 Å². The van der Waals surface area contributed by atoms with E-state index in [9.17, 15) is 0 Å². The van der Waals surface area contributed by atoms with Crippen molar-refractivity contribution in [2.75, 3.05) is 12.4 Å². The van der Waals surface area contributed by atoms with E-state index in [1.807, 2.05) is 26.1 Å². The van der Waals surface area contributed by atoms with Crippen molar-refractivity contribution in [1.82, 2.24) is 9.97 Å². The van der Waals surface area contributed by atoms with Crippen molar-refractivity contribution in [3.05, 3.63) is 46.9 Å². The highest BCUT2D eigenvalue weighted by molar-refractivity contribution is 5.37. The van der Waals surface area contributed by atoms with E-state index in [1.54, 1.807) is 0 Å². The minimum atomic E-state index is 0.372. The first-order valence-electron chi connectivity index (χ1n) is 7.25. The quantitative estimate of drug-likeness (QED) is 0.906. The van der Waals surface area contributed by atoms with Gasteiger partial charge < -0.3 is 10.1 Å². The van der Waals surface area contributed by atoms with Gasteiger partial charge in [-0.15, -0.1) is 0 Å². The Balaban J connectivity index is 2.09. The third-order valence-electron chi connectivity index (χ3n) is 3.39. The second-order valence-corrected chi connectivity index (χ2v) is 5.52. The molecule has 0 fully saturated rings. The Morgan fingerprint density at radius 3 is 2.52 bits per heavy atom. The maximum absolute atomic E-state index is 5.81. The van der Waals surface area contributed by atoms with Gasteiger partial charge in [0.25, 0.3) is 0 Å². The molecule has 1 aromatic heterocycles. The molecule has 1 aromatic carbocycles. The van der Waals surface area contributed by atoms with Gasteiger partial charge in [0.2, 0.25) is 0 Å². The van der Waals surface area contributed by atoms with Crippen LogP contribution in [0.1, 0.15) is 42.4 Å². The van der Waals surface area contributed by atoms with Gasteiger partial charge in [-0.25, -0.2) is 9.97 Å². The molecular weight excluding hydrogens is 262 g/mol. The minimum Gasteiger partial charge on any atom is -0.486 e. The number of hydrogen-bond acceptors (Lipinski definition) is 4. The average Bonchev–Trinajstić information content (AvgIpc) is 2.44. The monoisotopic (exact) mass is 285 g/mol. The van der Waals surface area contributed by atoms with E-state index in [2.05, 4.69) is 48.2 Å². The predicted octanol–water partition coefficient (Wildman–Crippen LogP) is 3.84. The molecule has 2 aromatic rings. The predicted molar refractivity (Wildman–Crippen MR) is 85.9 cm³/mol. The molecule has 0 amide bonds. The van der Waals surface area contributed by atoms with Crippen LogP contribution in [0.25, 0.3) is 0 Å². The topological polar surface area (TPSA) is 47.0 Å². The molecule has 1 N–H and O–H groups in total. The standard InChI is InChI=1S/C17H23N3O/c1-11(2)15-7-6-14(8-12(15)3)21-10-17-19-13(4)9-16(18-5)20-17/h6-9,11H,10H2,1-5H3,(H,18,19,20). The summed E-state index contributed by atoms with van der Waals surface area (Å²) < 4.78 is 5.81. The largest absolute Gasteiger partial charge is 0.486 e. The third-order valence-corrected chi connectivity index (χ3v) is 3.39. The molecule has 1 heterocycles.